The summed E-state index contributed by atoms with van der Waals surface area (Å²) in [4.78, 5) is 10.8. The van der Waals surface area contributed by atoms with Crippen molar-refractivity contribution in [3.8, 4) is 33.8 Å². The van der Waals surface area contributed by atoms with Gasteiger partial charge in [0.05, 0.1) is 16.6 Å². The molecule has 0 fully saturated rings. The Labute approximate surface area is 285 Å². The van der Waals surface area contributed by atoms with E-state index in [9.17, 15) is 0 Å². The fourth-order valence-corrected chi connectivity index (χ4v) is 8.21. The van der Waals surface area contributed by atoms with Crippen LogP contribution in [0.2, 0.25) is 0 Å². The summed E-state index contributed by atoms with van der Waals surface area (Å²) in [6.07, 6.45) is 0. The molecule has 0 aliphatic heterocycles. The van der Waals surface area contributed by atoms with E-state index in [1.165, 1.54) is 44.2 Å². The van der Waals surface area contributed by atoms with Gasteiger partial charge < -0.3 is 0 Å². The smallest absolute Gasteiger partial charge is 0.161 e. The number of hydrogen-bond donors (Lipinski definition) is 0. The minimum absolute atomic E-state index is 0.481. The van der Waals surface area contributed by atoms with Crippen LogP contribution in [0.25, 0.3) is 66.2 Å². The van der Waals surface area contributed by atoms with Gasteiger partial charge in [-0.1, -0.05) is 164 Å². The summed E-state index contributed by atoms with van der Waals surface area (Å²) in [5, 5.41) is 5.67. The molecule has 0 saturated carbocycles. The Morgan fingerprint density at radius 3 is 1.78 bits per heavy atom. The third-order valence-corrected chi connectivity index (χ3v) is 10.3. The highest BCUT2D eigenvalue weighted by atomic mass is 14.9. The summed E-state index contributed by atoms with van der Waals surface area (Å²) in [5.41, 5.74) is 11.2. The van der Waals surface area contributed by atoms with Crippen LogP contribution in [0.15, 0.2) is 182 Å². The van der Waals surface area contributed by atoms with Crippen LogP contribution in [-0.2, 0) is 5.41 Å². The maximum atomic E-state index is 5.38. The molecule has 0 N–H and O–H groups in total. The van der Waals surface area contributed by atoms with Gasteiger partial charge in [0, 0.05) is 21.9 Å². The summed E-state index contributed by atoms with van der Waals surface area (Å²) in [6, 6.07) is 65.6. The molecule has 0 radical (unpaired) electrons. The number of rotatable bonds is 4. The normalized spacial score (nSPS) is 13.1. The predicted octanol–water partition coefficient (Wildman–Crippen LogP) is 11.6. The van der Waals surface area contributed by atoms with Crippen molar-refractivity contribution in [1.29, 1.82) is 0 Å². The Kier molecular flexibility index (Phi) is 6.13. The van der Waals surface area contributed by atoms with Crippen LogP contribution in [0.1, 0.15) is 22.3 Å². The second-order valence-electron chi connectivity index (χ2n) is 12.9. The van der Waals surface area contributed by atoms with Gasteiger partial charge in [-0.25, -0.2) is 9.97 Å². The first-order chi connectivity index (χ1) is 24.3. The van der Waals surface area contributed by atoms with Gasteiger partial charge in [0.1, 0.15) is 0 Å². The summed E-state index contributed by atoms with van der Waals surface area (Å²) in [6.45, 7) is 0. The molecule has 10 rings (SSSR count). The summed E-state index contributed by atoms with van der Waals surface area (Å²) in [7, 11) is 0. The second-order valence-corrected chi connectivity index (χ2v) is 12.9. The highest BCUT2D eigenvalue weighted by molar-refractivity contribution is 6.10. The van der Waals surface area contributed by atoms with Gasteiger partial charge in [0.25, 0.3) is 0 Å². The number of benzene rings is 8. The van der Waals surface area contributed by atoms with Crippen LogP contribution in [-0.4, -0.2) is 9.97 Å². The largest absolute Gasteiger partial charge is 0.227 e. The monoisotopic (exact) mass is 622 g/mol. The lowest BCUT2D eigenvalue weighted by Gasteiger charge is -2.34. The van der Waals surface area contributed by atoms with Gasteiger partial charge in [-0.15, -0.1) is 0 Å². The zero-order valence-electron chi connectivity index (χ0n) is 26.7. The zero-order valence-corrected chi connectivity index (χ0v) is 26.7. The van der Waals surface area contributed by atoms with Crippen molar-refractivity contribution in [2.75, 3.05) is 0 Å². The van der Waals surface area contributed by atoms with Crippen molar-refractivity contribution >= 4 is 32.4 Å². The molecule has 0 spiro atoms. The fourth-order valence-electron chi connectivity index (χ4n) is 8.21. The van der Waals surface area contributed by atoms with E-state index in [4.69, 9.17) is 9.97 Å². The molecule has 8 aromatic carbocycles. The van der Waals surface area contributed by atoms with Crippen LogP contribution in [0.3, 0.4) is 0 Å². The topological polar surface area (TPSA) is 25.8 Å². The molecular weight excluding hydrogens is 593 g/mol. The lowest BCUT2D eigenvalue weighted by Crippen LogP contribution is -2.28. The van der Waals surface area contributed by atoms with Crippen LogP contribution in [0.4, 0.5) is 0 Å². The van der Waals surface area contributed by atoms with E-state index in [0.717, 1.165) is 44.3 Å². The molecule has 228 valence electrons. The summed E-state index contributed by atoms with van der Waals surface area (Å²) >= 11 is 0. The number of fused-ring (bicyclic) bond motifs is 7. The number of aromatic nitrogens is 2. The molecule has 2 nitrogen and oxygen atoms in total. The van der Waals surface area contributed by atoms with E-state index < -0.39 is 5.41 Å². The fraction of sp³-hybridized carbons (Fsp3) is 0.0213. The van der Waals surface area contributed by atoms with E-state index in [-0.39, 0.29) is 0 Å². The standard InChI is InChI=1S/C47H30N2/c1-4-16-32(17-5-1)44-39-28-27-31-15-10-11-23-36(31)45(39)49-46(48-44)38-25-14-18-33-29-41-37-24-12-13-26-42(37)47(43(41)30-40(33)38,34-19-6-2-7-20-34)35-21-8-3-9-22-35/h1-30H. The van der Waals surface area contributed by atoms with E-state index in [0.29, 0.717) is 0 Å². The molecule has 1 aliphatic rings. The van der Waals surface area contributed by atoms with Crippen LogP contribution >= 0.6 is 0 Å². The third kappa shape index (κ3) is 4.07. The first-order valence-electron chi connectivity index (χ1n) is 16.8. The zero-order chi connectivity index (χ0) is 32.4. The Balaban J connectivity index is 1.31. The quantitative estimate of drug-likeness (QED) is 0.183. The first-order valence-corrected chi connectivity index (χ1v) is 16.8. The molecule has 2 heteroatoms. The third-order valence-electron chi connectivity index (χ3n) is 10.3. The second kappa shape index (κ2) is 10.8. The average Bonchev–Trinajstić information content (AvgIpc) is 3.47. The van der Waals surface area contributed by atoms with E-state index in [2.05, 4.69) is 182 Å². The minimum atomic E-state index is -0.481. The predicted molar refractivity (Wildman–Crippen MR) is 203 cm³/mol. The Hall–Kier alpha value is -6.38. The van der Waals surface area contributed by atoms with E-state index >= 15 is 0 Å². The van der Waals surface area contributed by atoms with Crippen LogP contribution in [0.5, 0.6) is 0 Å². The average molecular weight is 623 g/mol. The van der Waals surface area contributed by atoms with Crippen molar-refractivity contribution in [2.45, 2.75) is 5.41 Å². The van der Waals surface area contributed by atoms with E-state index in [1.807, 2.05) is 0 Å². The molecule has 0 unspecified atom stereocenters. The van der Waals surface area contributed by atoms with Crippen molar-refractivity contribution in [2.24, 2.45) is 0 Å². The molecule has 1 aliphatic carbocycles. The Bertz CT molecular complexity index is 2660. The molecule has 0 bridgehead atoms. The van der Waals surface area contributed by atoms with Gasteiger partial charge in [-0.3, -0.25) is 0 Å². The maximum Gasteiger partial charge on any atom is 0.161 e. The van der Waals surface area contributed by atoms with Crippen LogP contribution in [0, 0.1) is 0 Å². The highest BCUT2D eigenvalue weighted by Crippen LogP contribution is 2.57. The minimum Gasteiger partial charge on any atom is -0.227 e. The molecular formula is C47H30N2. The lowest BCUT2D eigenvalue weighted by atomic mass is 9.67. The molecule has 0 saturated heterocycles. The number of nitrogens with zero attached hydrogens (tertiary/aromatic N) is 2. The molecule has 0 atom stereocenters. The van der Waals surface area contributed by atoms with Crippen molar-refractivity contribution in [3.63, 3.8) is 0 Å². The van der Waals surface area contributed by atoms with Crippen molar-refractivity contribution in [1.82, 2.24) is 9.97 Å². The SMILES string of the molecule is c1ccc(-c2nc(-c3cccc4cc5c(cc34)C(c3ccccc3)(c3ccccc3)c3ccccc3-5)nc3c2ccc2ccccc23)cc1. The van der Waals surface area contributed by atoms with E-state index in [1.54, 1.807) is 0 Å². The highest BCUT2D eigenvalue weighted by Gasteiger charge is 2.46. The van der Waals surface area contributed by atoms with Gasteiger partial charge in [-0.2, -0.15) is 0 Å². The van der Waals surface area contributed by atoms with Crippen LogP contribution < -0.4 is 0 Å². The summed E-state index contributed by atoms with van der Waals surface area (Å²) in [5.74, 6) is 0.730. The van der Waals surface area contributed by atoms with Gasteiger partial charge in [0.15, 0.2) is 5.82 Å². The maximum absolute atomic E-state index is 5.38. The number of hydrogen-bond acceptors (Lipinski definition) is 2. The van der Waals surface area contributed by atoms with Gasteiger partial charge >= 0.3 is 0 Å². The summed E-state index contributed by atoms with van der Waals surface area (Å²) < 4.78 is 0. The van der Waals surface area contributed by atoms with Crippen molar-refractivity contribution in [3.05, 3.63) is 204 Å². The molecule has 0 amide bonds. The first kappa shape index (κ1) is 27.7. The van der Waals surface area contributed by atoms with Crippen molar-refractivity contribution < 1.29 is 0 Å². The molecule has 1 heterocycles. The molecule has 49 heavy (non-hydrogen) atoms. The van der Waals surface area contributed by atoms with Gasteiger partial charge in [-0.05, 0) is 67.7 Å². The molecule has 9 aromatic rings. The van der Waals surface area contributed by atoms with Gasteiger partial charge in [0.2, 0.25) is 0 Å². The lowest BCUT2D eigenvalue weighted by molar-refractivity contribution is 0.769. The Morgan fingerprint density at radius 1 is 0.367 bits per heavy atom. The molecule has 1 aromatic heterocycles. The Morgan fingerprint density at radius 2 is 1.00 bits per heavy atom.